The predicted molar refractivity (Wildman–Crippen MR) is 90.7 cm³/mol. The monoisotopic (exact) mass is 319 g/mol. The third-order valence-corrected chi connectivity index (χ3v) is 3.78. The summed E-state index contributed by atoms with van der Waals surface area (Å²) in [6.07, 6.45) is 2.77. The Hall–Kier alpha value is -1.95. The van der Waals surface area contributed by atoms with Crippen molar-refractivity contribution in [1.29, 1.82) is 0 Å². The molecule has 1 aliphatic rings. The second-order valence-corrected chi connectivity index (χ2v) is 5.99. The highest BCUT2D eigenvalue weighted by Gasteiger charge is 2.29. The summed E-state index contributed by atoms with van der Waals surface area (Å²) in [6, 6.07) is 7.13. The number of hydrogen-bond donors (Lipinski definition) is 3. The number of amides is 2. The van der Waals surface area contributed by atoms with Crippen molar-refractivity contribution >= 4 is 34.8 Å². The van der Waals surface area contributed by atoms with Crippen molar-refractivity contribution in [3.8, 4) is 0 Å². The van der Waals surface area contributed by atoms with Crippen molar-refractivity contribution < 1.29 is 9.59 Å². The molecule has 0 saturated heterocycles. The molecular weight excluding hydrogens is 298 g/mol. The van der Waals surface area contributed by atoms with Gasteiger partial charge < -0.3 is 16.0 Å². The van der Waals surface area contributed by atoms with Crippen LogP contribution in [0.1, 0.15) is 43.5 Å². The van der Waals surface area contributed by atoms with E-state index in [1.807, 2.05) is 13.8 Å². The average Bonchev–Trinajstić information content (AvgIpc) is 3.32. The molecule has 2 rings (SSSR count). The van der Waals surface area contributed by atoms with Gasteiger partial charge in [-0.1, -0.05) is 6.92 Å². The first-order valence-electron chi connectivity index (χ1n) is 7.52. The number of rotatable bonds is 5. The first-order chi connectivity index (χ1) is 10.5. The van der Waals surface area contributed by atoms with Crippen LogP contribution in [0.15, 0.2) is 24.3 Å². The van der Waals surface area contributed by atoms with Gasteiger partial charge in [0.1, 0.15) is 0 Å². The van der Waals surface area contributed by atoms with E-state index in [1.165, 1.54) is 0 Å². The van der Waals surface area contributed by atoms with Gasteiger partial charge in [-0.15, -0.1) is 0 Å². The van der Waals surface area contributed by atoms with Gasteiger partial charge in [-0.2, -0.15) is 0 Å². The molecule has 0 bridgehead atoms. The fourth-order valence-electron chi connectivity index (χ4n) is 1.84. The van der Waals surface area contributed by atoms with Crippen LogP contribution in [-0.2, 0) is 4.79 Å². The minimum atomic E-state index is -0.0921. The maximum atomic E-state index is 12.0. The van der Waals surface area contributed by atoms with Crippen LogP contribution in [0, 0.1) is 5.92 Å². The molecule has 118 valence electrons. The van der Waals surface area contributed by atoms with Crippen LogP contribution in [-0.4, -0.2) is 23.0 Å². The minimum absolute atomic E-state index is 0.0259. The fourth-order valence-corrected chi connectivity index (χ4v) is 2.05. The number of carbonyl (C=O) groups excluding carboxylic acids is 2. The van der Waals surface area contributed by atoms with Gasteiger partial charge in [0, 0.05) is 23.2 Å². The van der Waals surface area contributed by atoms with E-state index in [2.05, 4.69) is 16.0 Å². The predicted octanol–water partition coefficient (Wildman–Crippen LogP) is 2.44. The van der Waals surface area contributed by atoms with Gasteiger partial charge in [-0.05, 0) is 62.7 Å². The normalized spacial score (nSPS) is 14.8. The van der Waals surface area contributed by atoms with Crippen LogP contribution in [0.4, 0.5) is 5.69 Å². The van der Waals surface area contributed by atoms with Crippen molar-refractivity contribution in [2.45, 2.75) is 39.2 Å². The number of anilines is 1. The quantitative estimate of drug-likeness (QED) is 0.729. The molecule has 1 unspecified atom stereocenters. The maximum absolute atomic E-state index is 12.0. The minimum Gasteiger partial charge on any atom is -0.350 e. The zero-order chi connectivity index (χ0) is 16.1. The van der Waals surface area contributed by atoms with Gasteiger partial charge in [-0.3, -0.25) is 9.59 Å². The van der Waals surface area contributed by atoms with Crippen LogP contribution < -0.4 is 16.0 Å². The van der Waals surface area contributed by atoms with Crippen molar-refractivity contribution in [3.63, 3.8) is 0 Å². The zero-order valence-corrected chi connectivity index (χ0v) is 13.6. The molecule has 0 aromatic heterocycles. The average molecular weight is 319 g/mol. The summed E-state index contributed by atoms with van der Waals surface area (Å²) >= 11 is 5.09. The largest absolute Gasteiger partial charge is 0.350 e. The third-order valence-electron chi connectivity index (χ3n) is 3.58. The third kappa shape index (κ3) is 4.80. The van der Waals surface area contributed by atoms with Gasteiger partial charge in [-0.25, -0.2) is 0 Å². The number of carbonyl (C=O) groups is 2. The van der Waals surface area contributed by atoms with Gasteiger partial charge in [0.05, 0.1) is 0 Å². The van der Waals surface area contributed by atoms with Gasteiger partial charge in [0.15, 0.2) is 5.11 Å². The van der Waals surface area contributed by atoms with Gasteiger partial charge >= 0.3 is 0 Å². The Morgan fingerprint density at radius 2 is 1.91 bits per heavy atom. The lowest BCUT2D eigenvalue weighted by molar-refractivity contribution is -0.120. The van der Waals surface area contributed by atoms with Crippen LogP contribution in [0.3, 0.4) is 0 Å². The molecule has 6 heteroatoms. The molecule has 1 aliphatic carbocycles. The van der Waals surface area contributed by atoms with E-state index in [9.17, 15) is 9.59 Å². The SMILES string of the molecule is CCC(C)NC(=O)c1ccc(NC(=S)NC(=O)C2CC2)cc1. The van der Waals surface area contributed by atoms with Crippen LogP contribution in [0.25, 0.3) is 0 Å². The highest BCUT2D eigenvalue weighted by molar-refractivity contribution is 7.80. The smallest absolute Gasteiger partial charge is 0.251 e. The number of nitrogens with one attached hydrogen (secondary N) is 3. The molecule has 0 aliphatic heterocycles. The fraction of sp³-hybridized carbons (Fsp3) is 0.438. The summed E-state index contributed by atoms with van der Waals surface area (Å²) in [6.45, 7) is 3.99. The van der Waals surface area contributed by atoms with E-state index in [0.717, 1.165) is 24.9 Å². The van der Waals surface area contributed by atoms with Gasteiger partial charge in [0.25, 0.3) is 5.91 Å². The lowest BCUT2D eigenvalue weighted by Crippen LogP contribution is -2.35. The molecule has 0 radical (unpaired) electrons. The van der Waals surface area contributed by atoms with Crippen molar-refractivity contribution in [3.05, 3.63) is 29.8 Å². The Morgan fingerprint density at radius 1 is 1.27 bits per heavy atom. The molecule has 2 amide bonds. The highest BCUT2D eigenvalue weighted by Crippen LogP contribution is 2.28. The topological polar surface area (TPSA) is 70.2 Å². The summed E-state index contributed by atoms with van der Waals surface area (Å²) in [7, 11) is 0. The first kappa shape index (κ1) is 16.4. The molecule has 1 atom stereocenters. The van der Waals surface area contributed by atoms with E-state index in [-0.39, 0.29) is 28.9 Å². The Balaban J connectivity index is 1.86. The number of thiocarbonyl (C=S) groups is 1. The Labute approximate surface area is 135 Å². The number of benzene rings is 1. The molecule has 1 fully saturated rings. The van der Waals surface area contributed by atoms with E-state index < -0.39 is 0 Å². The van der Waals surface area contributed by atoms with Crippen molar-refractivity contribution in [2.75, 3.05) is 5.32 Å². The van der Waals surface area contributed by atoms with E-state index in [4.69, 9.17) is 12.2 Å². The maximum Gasteiger partial charge on any atom is 0.251 e. The molecule has 1 aromatic rings. The molecule has 0 spiro atoms. The Kier molecular flexibility index (Phi) is 5.49. The lowest BCUT2D eigenvalue weighted by atomic mass is 10.1. The second-order valence-electron chi connectivity index (χ2n) is 5.58. The van der Waals surface area contributed by atoms with Gasteiger partial charge in [0.2, 0.25) is 5.91 Å². The molecule has 5 nitrogen and oxygen atoms in total. The Bertz CT molecular complexity index is 567. The molecule has 22 heavy (non-hydrogen) atoms. The molecule has 0 heterocycles. The second kappa shape index (κ2) is 7.35. The van der Waals surface area contributed by atoms with E-state index in [1.54, 1.807) is 24.3 Å². The van der Waals surface area contributed by atoms with Crippen LogP contribution >= 0.6 is 12.2 Å². The van der Waals surface area contributed by atoms with Crippen molar-refractivity contribution in [2.24, 2.45) is 5.92 Å². The summed E-state index contributed by atoms with van der Waals surface area (Å²) in [5.41, 5.74) is 1.33. The summed E-state index contributed by atoms with van der Waals surface area (Å²) in [5.74, 6) is -0.000981. The molecule has 1 aromatic carbocycles. The molecular formula is C16H21N3O2S. The standard InChI is InChI=1S/C16H21N3O2S/c1-3-10(2)17-14(20)12-6-8-13(9-7-12)18-16(22)19-15(21)11-4-5-11/h6-11H,3-5H2,1-2H3,(H,17,20)(H2,18,19,21,22). The lowest BCUT2D eigenvalue weighted by Gasteiger charge is -2.12. The van der Waals surface area contributed by atoms with Crippen molar-refractivity contribution in [1.82, 2.24) is 10.6 Å². The van der Waals surface area contributed by atoms with Crippen LogP contribution in [0.5, 0.6) is 0 Å². The number of hydrogen-bond acceptors (Lipinski definition) is 3. The Morgan fingerprint density at radius 3 is 2.45 bits per heavy atom. The van der Waals surface area contributed by atoms with E-state index in [0.29, 0.717) is 5.56 Å². The first-order valence-corrected chi connectivity index (χ1v) is 7.93. The molecule has 1 saturated carbocycles. The zero-order valence-electron chi connectivity index (χ0n) is 12.8. The molecule has 3 N–H and O–H groups in total. The summed E-state index contributed by atoms with van der Waals surface area (Å²) < 4.78 is 0. The van der Waals surface area contributed by atoms with E-state index >= 15 is 0 Å². The highest BCUT2D eigenvalue weighted by atomic mass is 32.1. The summed E-state index contributed by atoms with van der Waals surface area (Å²) in [5, 5.41) is 8.80. The van der Waals surface area contributed by atoms with Crippen LogP contribution in [0.2, 0.25) is 0 Å². The summed E-state index contributed by atoms with van der Waals surface area (Å²) in [4.78, 5) is 23.5.